The van der Waals surface area contributed by atoms with Crippen LogP contribution in [0.15, 0.2) is 46.1 Å². The maximum absolute atomic E-state index is 14.2. The molecule has 1 amide bonds. The average Bonchev–Trinajstić information content (AvgIpc) is 2.99. The molecule has 1 aromatic heterocycles. The van der Waals surface area contributed by atoms with E-state index in [1.54, 1.807) is 35.3 Å². The smallest absolute Gasteiger partial charge is 0.407 e. The number of hydrogen-bond acceptors (Lipinski definition) is 9. The quantitative estimate of drug-likeness (QED) is 0.165. The number of hydrogen-bond donors (Lipinski definition) is 4. The predicted octanol–water partition coefficient (Wildman–Crippen LogP) is 3.05. The first kappa shape index (κ1) is 33.9. The zero-order valence-electron chi connectivity index (χ0n) is 24.4. The Morgan fingerprint density at radius 1 is 0.977 bits per heavy atom. The van der Waals surface area contributed by atoms with Crippen LogP contribution in [-0.4, -0.2) is 62.8 Å². The molecule has 0 spiro atoms. The van der Waals surface area contributed by atoms with E-state index in [1.165, 1.54) is 32.1 Å². The number of nitrogens with one attached hydrogen (secondary N) is 2. The SMILES string of the molecule is CCCCCCCCCCCC(=O)OC[C@H]1O[C@@H](n2cc(F)c(=O)[nH]c2=O)C(NC(=O)OCc2ccccc2)[C@H](O)[C@@H]1O. The van der Waals surface area contributed by atoms with Gasteiger partial charge in [0.2, 0.25) is 5.82 Å². The molecule has 238 valence electrons. The minimum absolute atomic E-state index is 0.117. The fourth-order valence-corrected chi connectivity index (χ4v) is 4.86. The number of alkyl carbamates (subject to hydrolysis) is 1. The molecule has 13 heteroatoms. The maximum atomic E-state index is 14.2. The number of amides is 1. The highest BCUT2D eigenvalue weighted by Crippen LogP contribution is 2.28. The average molecular weight is 608 g/mol. The Morgan fingerprint density at radius 2 is 1.63 bits per heavy atom. The number of H-pyrrole nitrogens is 1. The van der Waals surface area contributed by atoms with Gasteiger partial charge >= 0.3 is 17.8 Å². The number of nitrogens with zero attached hydrogens (tertiary/aromatic N) is 1. The normalized spacial score (nSPS) is 21.7. The van der Waals surface area contributed by atoms with Gasteiger partial charge in [0.1, 0.15) is 37.6 Å². The van der Waals surface area contributed by atoms with Crippen LogP contribution >= 0.6 is 0 Å². The van der Waals surface area contributed by atoms with Gasteiger partial charge in [0.05, 0.1) is 6.20 Å². The van der Waals surface area contributed by atoms with Crippen molar-refractivity contribution in [2.24, 2.45) is 0 Å². The molecule has 1 aromatic carbocycles. The Hall–Kier alpha value is -3.55. The lowest BCUT2D eigenvalue weighted by molar-refractivity contribution is -0.220. The van der Waals surface area contributed by atoms with Gasteiger partial charge in [0, 0.05) is 6.42 Å². The summed E-state index contributed by atoms with van der Waals surface area (Å²) in [7, 11) is 0. The fraction of sp³-hybridized carbons (Fsp3) is 0.600. The number of carbonyl (C=O) groups is 2. The van der Waals surface area contributed by atoms with E-state index < -0.39 is 66.3 Å². The summed E-state index contributed by atoms with van der Waals surface area (Å²) in [5.74, 6) is -1.85. The van der Waals surface area contributed by atoms with Gasteiger partial charge in [-0.15, -0.1) is 0 Å². The first-order chi connectivity index (χ1) is 20.7. The lowest BCUT2D eigenvalue weighted by Gasteiger charge is -2.42. The minimum atomic E-state index is -1.76. The predicted molar refractivity (Wildman–Crippen MR) is 154 cm³/mol. The Labute approximate surface area is 249 Å². The summed E-state index contributed by atoms with van der Waals surface area (Å²) in [6, 6.07) is 7.22. The van der Waals surface area contributed by atoms with Crippen LogP contribution in [0.5, 0.6) is 0 Å². The zero-order chi connectivity index (χ0) is 31.2. The first-order valence-corrected chi connectivity index (χ1v) is 14.9. The molecule has 1 fully saturated rings. The maximum Gasteiger partial charge on any atom is 0.407 e. The summed E-state index contributed by atoms with van der Waals surface area (Å²) in [5.41, 5.74) is -1.69. The van der Waals surface area contributed by atoms with Crippen molar-refractivity contribution in [1.82, 2.24) is 14.9 Å². The summed E-state index contributed by atoms with van der Waals surface area (Å²) in [6.45, 7) is 1.58. The third-order valence-electron chi connectivity index (χ3n) is 7.31. The van der Waals surface area contributed by atoms with Crippen LogP contribution in [0.4, 0.5) is 9.18 Å². The number of aromatic amines is 1. The molecule has 0 radical (unpaired) electrons. The van der Waals surface area contributed by atoms with Gasteiger partial charge in [0.15, 0.2) is 6.23 Å². The largest absolute Gasteiger partial charge is 0.463 e. The van der Waals surface area contributed by atoms with Gasteiger partial charge in [-0.05, 0) is 12.0 Å². The van der Waals surface area contributed by atoms with E-state index in [0.29, 0.717) is 22.7 Å². The lowest BCUT2D eigenvalue weighted by Crippen LogP contribution is -2.63. The summed E-state index contributed by atoms with van der Waals surface area (Å²) >= 11 is 0. The Kier molecular flexibility index (Phi) is 13.8. The number of aliphatic hydroxyl groups excluding tert-OH is 2. The van der Waals surface area contributed by atoms with Crippen molar-refractivity contribution in [2.75, 3.05) is 6.61 Å². The number of halogens is 1. The molecule has 5 atom stereocenters. The van der Waals surface area contributed by atoms with Crippen molar-refractivity contribution < 1.29 is 38.4 Å². The van der Waals surface area contributed by atoms with Crippen molar-refractivity contribution in [3.05, 3.63) is 68.7 Å². The van der Waals surface area contributed by atoms with Crippen LogP contribution in [0.1, 0.15) is 82.9 Å². The molecule has 1 unspecified atom stereocenters. The van der Waals surface area contributed by atoms with Crippen molar-refractivity contribution in [1.29, 1.82) is 0 Å². The highest BCUT2D eigenvalue weighted by Gasteiger charge is 2.47. The standard InChI is InChI=1S/C30H42FN3O9/c1-2-3-4-5-6-7-8-9-13-16-23(35)41-19-22-25(36)26(37)24(32-30(40)42-18-20-14-11-10-12-15-20)28(43-22)34-17-21(31)27(38)33-29(34)39/h10-12,14-15,17,22,24-26,28,36-37H,2-9,13,16,18-19H2,1H3,(H,32,40)(H,33,38,39)/t22-,24?,25-,26+,28-/m1/s1. The van der Waals surface area contributed by atoms with E-state index in [2.05, 4.69) is 12.2 Å². The van der Waals surface area contributed by atoms with Gasteiger partial charge in [-0.3, -0.25) is 19.1 Å². The molecule has 0 bridgehead atoms. The molecular weight excluding hydrogens is 565 g/mol. The lowest BCUT2D eigenvalue weighted by atomic mass is 9.96. The fourth-order valence-electron chi connectivity index (χ4n) is 4.86. The number of benzene rings is 1. The summed E-state index contributed by atoms with van der Waals surface area (Å²) in [6.07, 6.45) is 3.06. The van der Waals surface area contributed by atoms with E-state index in [-0.39, 0.29) is 13.0 Å². The van der Waals surface area contributed by atoms with E-state index in [9.17, 15) is 33.8 Å². The molecule has 1 aliphatic heterocycles. The molecule has 43 heavy (non-hydrogen) atoms. The van der Waals surface area contributed by atoms with Gasteiger partial charge in [-0.2, -0.15) is 4.39 Å². The molecule has 1 aliphatic rings. The number of esters is 1. The number of carbonyl (C=O) groups excluding carboxylic acids is 2. The summed E-state index contributed by atoms with van der Waals surface area (Å²) in [4.78, 5) is 50.8. The summed E-state index contributed by atoms with van der Waals surface area (Å²) in [5, 5.41) is 24.0. The van der Waals surface area contributed by atoms with Crippen LogP contribution in [0.2, 0.25) is 0 Å². The van der Waals surface area contributed by atoms with E-state index >= 15 is 0 Å². The van der Waals surface area contributed by atoms with Crippen LogP contribution in [0.25, 0.3) is 0 Å². The molecule has 0 saturated carbocycles. The van der Waals surface area contributed by atoms with E-state index in [4.69, 9.17) is 14.2 Å². The second-order valence-corrected chi connectivity index (χ2v) is 10.7. The topological polar surface area (TPSA) is 169 Å². The number of ether oxygens (including phenoxy) is 3. The Morgan fingerprint density at radius 3 is 2.30 bits per heavy atom. The van der Waals surface area contributed by atoms with Crippen molar-refractivity contribution >= 4 is 12.1 Å². The third kappa shape index (κ3) is 10.6. The van der Waals surface area contributed by atoms with Gasteiger partial charge in [-0.1, -0.05) is 88.6 Å². The Balaban J connectivity index is 1.59. The van der Waals surface area contributed by atoms with Crippen LogP contribution in [0, 0.1) is 5.82 Å². The molecule has 2 aromatic rings. The highest BCUT2D eigenvalue weighted by atomic mass is 19.1. The van der Waals surface area contributed by atoms with Gasteiger partial charge < -0.3 is 29.7 Å². The van der Waals surface area contributed by atoms with Crippen molar-refractivity contribution in [2.45, 2.75) is 108 Å². The Bertz CT molecular complexity index is 1270. The highest BCUT2D eigenvalue weighted by molar-refractivity contribution is 5.69. The minimum Gasteiger partial charge on any atom is -0.463 e. The van der Waals surface area contributed by atoms with Gasteiger partial charge in [-0.25, -0.2) is 9.59 Å². The van der Waals surface area contributed by atoms with Crippen molar-refractivity contribution in [3.8, 4) is 0 Å². The molecule has 2 heterocycles. The number of unbranched alkanes of at least 4 members (excludes halogenated alkanes) is 8. The second-order valence-electron chi connectivity index (χ2n) is 10.7. The molecular formula is C30H42FN3O9. The zero-order valence-corrected chi connectivity index (χ0v) is 24.4. The molecule has 4 N–H and O–H groups in total. The van der Waals surface area contributed by atoms with E-state index in [1.807, 2.05) is 0 Å². The first-order valence-electron chi connectivity index (χ1n) is 14.9. The van der Waals surface area contributed by atoms with Gasteiger partial charge in [0.25, 0.3) is 5.56 Å². The van der Waals surface area contributed by atoms with E-state index in [0.717, 1.165) is 19.3 Å². The molecule has 1 saturated heterocycles. The third-order valence-corrected chi connectivity index (χ3v) is 7.31. The van der Waals surface area contributed by atoms with Crippen molar-refractivity contribution in [3.63, 3.8) is 0 Å². The monoisotopic (exact) mass is 607 g/mol. The van der Waals surface area contributed by atoms with Crippen LogP contribution in [0.3, 0.4) is 0 Å². The second kappa shape index (κ2) is 17.5. The number of aromatic nitrogens is 2. The molecule has 0 aliphatic carbocycles. The number of rotatable bonds is 16. The molecule has 3 rings (SSSR count). The summed E-state index contributed by atoms with van der Waals surface area (Å²) < 4.78 is 31.0. The number of aliphatic hydroxyl groups is 2. The molecule has 12 nitrogen and oxygen atoms in total. The van der Waals surface area contributed by atoms with Crippen LogP contribution in [-0.2, 0) is 25.6 Å². The van der Waals surface area contributed by atoms with Crippen LogP contribution < -0.4 is 16.6 Å².